The van der Waals surface area contributed by atoms with Crippen molar-refractivity contribution in [2.24, 2.45) is 0 Å². The highest BCUT2D eigenvalue weighted by atomic mass is 35.5. The molecule has 3 nitrogen and oxygen atoms in total. The molecule has 0 saturated carbocycles. The van der Waals surface area contributed by atoms with Crippen LogP contribution in [0.3, 0.4) is 0 Å². The number of aryl methyl sites for hydroxylation is 2. The highest BCUT2D eigenvalue weighted by Gasteiger charge is 2.13. The van der Waals surface area contributed by atoms with Crippen LogP contribution in [0.4, 0.5) is 0 Å². The fraction of sp³-hybridized carbons (Fsp3) is 0.167. The molecule has 0 aliphatic rings. The molecule has 0 N–H and O–H groups in total. The van der Waals surface area contributed by atoms with Crippen molar-refractivity contribution in [1.82, 2.24) is 9.78 Å². The van der Waals surface area contributed by atoms with E-state index >= 15 is 0 Å². The van der Waals surface area contributed by atoms with Crippen molar-refractivity contribution in [3.63, 3.8) is 0 Å². The zero-order valence-electron chi connectivity index (χ0n) is 9.07. The van der Waals surface area contributed by atoms with E-state index in [9.17, 15) is 4.79 Å². The van der Waals surface area contributed by atoms with Gasteiger partial charge in [0.05, 0.1) is 16.9 Å². The Balaban J connectivity index is 2.61. The second-order valence-electron chi connectivity index (χ2n) is 3.66. The topological polar surface area (TPSA) is 34.9 Å². The van der Waals surface area contributed by atoms with Crippen LogP contribution in [0.15, 0.2) is 24.3 Å². The maximum atomic E-state index is 10.8. The molecule has 0 atom stereocenters. The highest BCUT2D eigenvalue weighted by Crippen LogP contribution is 2.22. The van der Waals surface area contributed by atoms with E-state index in [4.69, 9.17) is 11.6 Å². The van der Waals surface area contributed by atoms with Crippen LogP contribution in [0, 0.1) is 13.8 Å². The Kier molecular flexibility index (Phi) is 2.79. The summed E-state index contributed by atoms with van der Waals surface area (Å²) in [6, 6.07) is 7.79. The van der Waals surface area contributed by atoms with Gasteiger partial charge in [0, 0.05) is 0 Å². The summed E-state index contributed by atoms with van der Waals surface area (Å²) in [7, 11) is 0. The van der Waals surface area contributed by atoms with E-state index in [0.717, 1.165) is 17.5 Å². The van der Waals surface area contributed by atoms with E-state index in [1.807, 2.05) is 31.2 Å². The van der Waals surface area contributed by atoms with Crippen LogP contribution in [0.1, 0.15) is 21.6 Å². The zero-order chi connectivity index (χ0) is 11.7. The number of nitrogens with zero attached hydrogens (tertiary/aromatic N) is 2. The van der Waals surface area contributed by atoms with Gasteiger partial charge in [0.15, 0.2) is 6.29 Å². The van der Waals surface area contributed by atoms with Crippen molar-refractivity contribution < 1.29 is 4.79 Å². The summed E-state index contributed by atoms with van der Waals surface area (Å²) in [5.41, 5.74) is 3.07. The number of aromatic nitrogens is 2. The van der Waals surface area contributed by atoms with Gasteiger partial charge in [-0.2, -0.15) is 5.10 Å². The van der Waals surface area contributed by atoms with Gasteiger partial charge in [0.2, 0.25) is 0 Å². The molecule has 0 fully saturated rings. The van der Waals surface area contributed by atoms with Crippen molar-refractivity contribution >= 4 is 17.9 Å². The van der Waals surface area contributed by atoms with E-state index in [1.54, 1.807) is 11.6 Å². The summed E-state index contributed by atoms with van der Waals surface area (Å²) < 4.78 is 1.58. The maximum absolute atomic E-state index is 10.8. The molecule has 0 unspecified atom stereocenters. The summed E-state index contributed by atoms with van der Waals surface area (Å²) in [6.07, 6.45) is 0.733. The molecule has 82 valence electrons. The van der Waals surface area contributed by atoms with Crippen molar-refractivity contribution in [3.8, 4) is 5.69 Å². The number of hydrogen-bond acceptors (Lipinski definition) is 2. The Labute approximate surface area is 98.7 Å². The number of halogens is 1. The normalized spacial score (nSPS) is 10.4. The van der Waals surface area contributed by atoms with Gasteiger partial charge in [-0.15, -0.1) is 0 Å². The van der Waals surface area contributed by atoms with Gasteiger partial charge in [0.1, 0.15) is 5.15 Å². The van der Waals surface area contributed by atoms with Crippen LogP contribution in [-0.2, 0) is 0 Å². The summed E-state index contributed by atoms with van der Waals surface area (Å²) in [4.78, 5) is 10.8. The number of rotatable bonds is 2. The Hall–Kier alpha value is -1.61. The number of carbonyl (C=O) groups excluding carboxylic acids is 1. The van der Waals surface area contributed by atoms with Crippen LogP contribution >= 0.6 is 11.6 Å². The fourth-order valence-electron chi connectivity index (χ4n) is 1.58. The van der Waals surface area contributed by atoms with Gasteiger partial charge in [-0.3, -0.25) is 4.79 Å². The van der Waals surface area contributed by atoms with E-state index in [0.29, 0.717) is 16.4 Å². The lowest BCUT2D eigenvalue weighted by Gasteiger charge is -2.03. The molecule has 0 spiro atoms. The molecule has 1 aromatic heterocycles. The first-order valence-corrected chi connectivity index (χ1v) is 5.28. The molecule has 2 rings (SSSR count). The first-order valence-electron chi connectivity index (χ1n) is 4.91. The quantitative estimate of drug-likeness (QED) is 0.749. The first kappa shape index (κ1) is 10.9. The lowest BCUT2D eigenvalue weighted by atomic mass is 10.2. The van der Waals surface area contributed by atoms with Gasteiger partial charge in [0.25, 0.3) is 0 Å². The van der Waals surface area contributed by atoms with Crippen LogP contribution < -0.4 is 0 Å². The van der Waals surface area contributed by atoms with E-state index in [1.165, 1.54) is 0 Å². The molecule has 1 aromatic carbocycles. The summed E-state index contributed by atoms with van der Waals surface area (Å²) in [6.45, 7) is 3.76. The highest BCUT2D eigenvalue weighted by molar-refractivity contribution is 6.32. The van der Waals surface area contributed by atoms with Crippen molar-refractivity contribution in [3.05, 3.63) is 46.2 Å². The smallest absolute Gasteiger partial charge is 0.155 e. The largest absolute Gasteiger partial charge is 0.298 e. The molecule has 0 radical (unpaired) electrons. The third-order valence-corrected chi connectivity index (χ3v) is 2.78. The lowest BCUT2D eigenvalue weighted by molar-refractivity contribution is 0.112. The third-order valence-electron chi connectivity index (χ3n) is 2.41. The fourth-order valence-corrected chi connectivity index (χ4v) is 1.89. The second-order valence-corrected chi connectivity index (χ2v) is 4.02. The number of carbonyl (C=O) groups is 1. The Bertz CT molecular complexity index is 546. The Morgan fingerprint density at radius 3 is 2.69 bits per heavy atom. The molecule has 16 heavy (non-hydrogen) atoms. The van der Waals surface area contributed by atoms with E-state index in [-0.39, 0.29) is 0 Å². The molecular weight excluding hydrogens is 224 g/mol. The zero-order valence-corrected chi connectivity index (χ0v) is 9.82. The SMILES string of the molecule is Cc1cccc(-n2nc(C)c(C=O)c2Cl)c1. The minimum Gasteiger partial charge on any atom is -0.298 e. The third kappa shape index (κ3) is 1.74. The Morgan fingerprint density at radius 2 is 2.12 bits per heavy atom. The number of hydrogen-bond donors (Lipinski definition) is 0. The summed E-state index contributed by atoms with van der Waals surface area (Å²) in [5, 5.41) is 4.61. The van der Waals surface area contributed by atoms with Crippen molar-refractivity contribution in [1.29, 1.82) is 0 Å². The number of aldehydes is 1. The van der Waals surface area contributed by atoms with Crippen LogP contribution in [0.5, 0.6) is 0 Å². The molecule has 0 amide bonds. The minimum atomic E-state index is 0.359. The lowest BCUT2D eigenvalue weighted by Crippen LogP contribution is -1.97. The second kappa shape index (κ2) is 4.10. The van der Waals surface area contributed by atoms with E-state index < -0.39 is 0 Å². The predicted octanol–water partition coefficient (Wildman–Crippen LogP) is 2.96. The van der Waals surface area contributed by atoms with Gasteiger partial charge < -0.3 is 0 Å². The van der Waals surface area contributed by atoms with Crippen LogP contribution in [0.25, 0.3) is 5.69 Å². The van der Waals surface area contributed by atoms with Gasteiger partial charge in [-0.05, 0) is 31.5 Å². The summed E-state index contributed by atoms with van der Waals surface area (Å²) in [5.74, 6) is 0. The first-order chi connectivity index (χ1) is 7.63. The molecule has 0 bridgehead atoms. The predicted molar refractivity (Wildman–Crippen MR) is 63.4 cm³/mol. The summed E-state index contributed by atoms with van der Waals surface area (Å²) >= 11 is 6.09. The van der Waals surface area contributed by atoms with Crippen molar-refractivity contribution in [2.75, 3.05) is 0 Å². The van der Waals surface area contributed by atoms with Crippen molar-refractivity contribution in [2.45, 2.75) is 13.8 Å². The maximum Gasteiger partial charge on any atom is 0.155 e. The average molecular weight is 235 g/mol. The molecular formula is C12H11ClN2O. The molecule has 4 heteroatoms. The van der Waals surface area contributed by atoms with Gasteiger partial charge in [-0.25, -0.2) is 4.68 Å². The minimum absolute atomic E-state index is 0.359. The van der Waals surface area contributed by atoms with Gasteiger partial charge in [-0.1, -0.05) is 23.7 Å². The molecule has 2 aromatic rings. The molecule has 0 saturated heterocycles. The molecule has 1 heterocycles. The van der Waals surface area contributed by atoms with Gasteiger partial charge >= 0.3 is 0 Å². The van der Waals surface area contributed by atoms with Crippen LogP contribution in [-0.4, -0.2) is 16.1 Å². The monoisotopic (exact) mass is 234 g/mol. The Morgan fingerprint density at radius 1 is 1.38 bits per heavy atom. The number of benzene rings is 1. The van der Waals surface area contributed by atoms with E-state index in [2.05, 4.69) is 5.10 Å². The molecule has 0 aliphatic carbocycles. The molecule has 0 aliphatic heterocycles. The van der Waals surface area contributed by atoms with Crippen LogP contribution in [0.2, 0.25) is 5.15 Å². The average Bonchev–Trinajstić information content (AvgIpc) is 2.54. The standard InChI is InChI=1S/C12H11ClN2O/c1-8-4-3-5-10(6-8)15-12(13)11(7-16)9(2)14-15/h3-7H,1-2H3.